The molecular weight excluding hydrogens is 317 g/mol. The lowest BCUT2D eigenvalue weighted by atomic mass is 9.96. The number of carbonyl (C=O) groups excluding carboxylic acids is 1. The summed E-state index contributed by atoms with van der Waals surface area (Å²) in [6.45, 7) is 1.19. The molecule has 0 spiro atoms. The number of carboxylic acid groups (broad SMARTS) is 1. The summed E-state index contributed by atoms with van der Waals surface area (Å²) >= 11 is 11.7. The van der Waals surface area contributed by atoms with Gasteiger partial charge in [0.15, 0.2) is 6.61 Å². The molecule has 0 heterocycles. The number of benzene rings is 1. The van der Waals surface area contributed by atoms with E-state index in [2.05, 4.69) is 5.32 Å². The van der Waals surface area contributed by atoms with Gasteiger partial charge in [0, 0.05) is 11.1 Å². The molecule has 21 heavy (non-hydrogen) atoms. The van der Waals surface area contributed by atoms with Gasteiger partial charge in [0.25, 0.3) is 5.91 Å². The molecule has 2 N–H and O–H groups in total. The Morgan fingerprint density at radius 1 is 1.43 bits per heavy atom. The highest BCUT2D eigenvalue weighted by Crippen LogP contribution is 2.39. The van der Waals surface area contributed by atoms with Crippen molar-refractivity contribution in [1.29, 1.82) is 0 Å². The van der Waals surface area contributed by atoms with Crippen molar-refractivity contribution in [1.82, 2.24) is 5.32 Å². The van der Waals surface area contributed by atoms with Gasteiger partial charge in [-0.25, -0.2) is 4.79 Å². The van der Waals surface area contributed by atoms with E-state index in [1.807, 2.05) is 0 Å². The Labute approximate surface area is 132 Å². The van der Waals surface area contributed by atoms with E-state index in [9.17, 15) is 14.7 Å². The lowest BCUT2D eigenvalue weighted by molar-refractivity contribution is -0.148. The summed E-state index contributed by atoms with van der Waals surface area (Å²) in [4.78, 5) is 23.2. The van der Waals surface area contributed by atoms with Crippen molar-refractivity contribution in [3.8, 4) is 5.75 Å². The van der Waals surface area contributed by atoms with Crippen molar-refractivity contribution >= 4 is 35.1 Å². The molecule has 0 bridgehead atoms. The van der Waals surface area contributed by atoms with E-state index in [-0.39, 0.29) is 18.3 Å². The number of amides is 1. The van der Waals surface area contributed by atoms with E-state index in [1.165, 1.54) is 13.0 Å². The van der Waals surface area contributed by atoms with Crippen LogP contribution in [0.25, 0.3) is 0 Å². The summed E-state index contributed by atoms with van der Waals surface area (Å²) in [6, 6.07) is 4.66. The number of rotatable bonds is 6. The Balaban J connectivity index is 1.95. The number of ether oxygens (including phenoxy) is 1. The normalized spacial score (nSPS) is 16.9. The molecule has 1 aliphatic carbocycles. The lowest BCUT2D eigenvalue weighted by Gasteiger charge is -2.26. The molecule has 1 aromatic rings. The van der Waals surface area contributed by atoms with Gasteiger partial charge in [0.2, 0.25) is 0 Å². The standard InChI is InChI=1S/C14H15Cl2NO4/c1-14(13(19)20,8-2-3-8)17-12(18)7-21-11-6-9(15)4-5-10(11)16/h4-6,8H,2-3,7H2,1H3,(H,17,18)(H,19,20). The third kappa shape index (κ3) is 3.80. The predicted octanol–water partition coefficient (Wildman–Crippen LogP) is 2.74. The van der Waals surface area contributed by atoms with Crippen LogP contribution in [-0.2, 0) is 9.59 Å². The van der Waals surface area contributed by atoms with Crippen molar-refractivity contribution in [3.63, 3.8) is 0 Å². The van der Waals surface area contributed by atoms with Crippen molar-refractivity contribution in [2.24, 2.45) is 5.92 Å². The van der Waals surface area contributed by atoms with E-state index < -0.39 is 17.4 Å². The van der Waals surface area contributed by atoms with Crippen LogP contribution in [0.15, 0.2) is 18.2 Å². The van der Waals surface area contributed by atoms with Gasteiger partial charge < -0.3 is 15.2 Å². The zero-order chi connectivity index (χ0) is 15.6. The van der Waals surface area contributed by atoms with Gasteiger partial charge in [0.1, 0.15) is 11.3 Å². The molecule has 2 rings (SSSR count). The van der Waals surface area contributed by atoms with Crippen LogP contribution in [0, 0.1) is 5.92 Å². The summed E-state index contributed by atoms with van der Waals surface area (Å²) in [5.74, 6) is -1.31. The molecule has 0 aromatic heterocycles. The number of hydrogen-bond donors (Lipinski definition) is 2. The van der Waals surface area contributed by atoms with Crippen LogP contribution >= 0.6 is 23.2 Å². The molecule has 1 aromatic carbocycles. The van der Waals surface area contributed by atoms with Gasteiger partial charge in [-0.2, -0.15) is 0 Å². The van der Waals surface area contributed by atoms with E-state index in [4.69, 9.17) is 27.9 Å². The number of nitrogens with one attached hydrogen (secondary N) is 1. The van der Waals surface area contributed by atoms with Gasteiger partial charge in [-0.3, -0.25) is 4.79 Å². The summed E-state index contributed by atoms with van der Waals surface area (Å²) in [6.07, 6.45) is 1.59. The average molecular weight is 332 g/mol. The van der Waals surface area contributed by atoms with E-state index in [0.717, 1.165) is 12.8 Å². The van der Waals surface area contributed by atoms with Crippen LogP contribution in [0.5, 0.6) is 5.75 Å². The molecule has 0 aliphatic heterocycles. The van der Waals surface area contributed by atoms with Crippen molar-refractivity contribution < 1.29 is 19.4 Å². The lowest BCUT2D eigenvalue weighted by Crippen LogP contribution is -2.55. The molecular formula is C14H15Cl2NO4. The van der Waals surface area contributed by atoms with E-state index in [1.54, 1.807) is 12.1 Å². The summed E-state index contributed by atoms with van der Waals surface area (Å²) < 4.78 is 5.28. The van der Waals surface area contributed by atoms with Gasteiger partial charge >= 0.3 is 5.97 Å². The Morgan fingerprint density at radius 2 is 2.10 bits per heavy atom. The SMILES string of the molecule is CC(NC(=O)COc1cc(Cl)ccc1Cl)(C(=O)O)C1CC1. The second-order valence-corrected chi connectivity index (χ2v) is 6.04. The molecule has 5 nitrogen and oxygen atoms in total. The fraction of sp³-hybridized carbons (Fsp3) is 0.429. The van der Waals surface area contributed by atoms with Gasteiger partial charge in [-0.15, -0.1) is 0 Å². The minimum atomic E-state index is -1.25. The Bertz CT molecular complexity index is 574. The molecule has 0 radical (unpaired) electrons. The van der Waals surface area contributed by atoms with Crippen LogP contribution in [0.4, 0.5) is 0 Å². The molecule has 1 aliphatic rings. The number of hydrogen-bond acceptors (Lipinski definition) is 3. The van der Waals surface area contributed by atoms with Gasteiger partial charge in [-0.05, 0) is 37.8 Å². The Kier molecular flexibility index (Phi) is 4.64. The highest BCUT2D eigenvalue weighted by atomic mass is 35.5. The third-order valence-corrected chi connectivity index (χ3v) is 4.04. The second-order valence-electron chi connectivity index (χ2n) is 5.19. The number of carboxylic acids is 1. The smallest absolute Gasteiger partial charge is 0.329 e. The van der Waals surface area contributed by atoms with Crippen molar-refractivity contribution in [3.05, 3.63) is 28.2 Å². The number of aliphatic carboxylic acids is 1. The highest BCUT2D eigenvalue weighted by Gasteiger charge is 2.48. The highest BCUT2D eigenvalue weighted by molar-refractivity contribution is 6.34. The van der Waals surface area contributed by atoms with Gasteiger partial charge in [-0.1, -0.05) is 23.2 Å². The molecule has 114 valence electrons. The maximum atomic E-state index is 11.9. The quantitative estimate of drug-likeness (QED) is 0.840. The van der Waals surface area contributed by atoms with Crippen LogP contribution in [0.3, 0.4) is 0 Å². The zero-order valence-electron chi connectivity index (χ0n) is 11.4. The minimum absolute atomic E-state index is 0.0336. The van der Waals surface area contributed by atoms with Crippen molar-refractivity contribution in [2.75, 3.05) is 6.61 Å². The summed E-state index contributed by atoms with van der Waals surface area (Å²) in [7, 11) is 0. The Hall–Kier alpha value is -1.46. The average Bonchev–Trinajstić information content (AvgIpc) is 3.24. The molecule has 1 unspecified atom stereocenters. The largest absolute Gasteiger partial charge is 0.482 e. The first kappa shape index (κ1) is 15.9. The maximum Gasteiger partial charge on any atom is 0.329 e. The monoisotopic (exact) mass is 331 g/mol. The van der Waals surface area contributed by atoms with Crippen LogP contribution in [0.1, 0.15) is 19.8 Å². The summed E-state index contributed by atoms with van der Waals surface area (Å²) in [5.41, 5.74) is -1.25. The first-order valence-corrected chi connectivity index (χ1v) is 7.21. The minimum Gasteiger partial charge on any atom is -0.482 e. The third-order valence-electron chi connectivity index (χ3n) is 3.49. The van der Waals surface area contributed by atoms with Crippen LogP contribution < -0.4 is 10.1 Å². The second kappa shape index (κ2) is 6.12. The zero-order valence-corrected chi connectivity index (χ0v) is 12.9. The van der Waals surface area contributed by atoms with Crippen molar-refractivity contribution in [2.45, 2.75) is 25.3 Å². The first-order valence-electron chi connectivity index (χ1n) is 6.45. The molecule has 7 heteroatoms. The fourth-order valence-electron chi connectivity index (χ4n) is 2.05. The Morgan fingerprint density at radius 3 is 2.67 bits per heavy atom. The molecule has 1 saturated carbocycles. The molecule has 1 amide bonds. The van der Waals surface area contributed by atoms with E-state index in [0.29, 0.717) is 10.0 Å². The molecule has 1 fully saturated rings. The van der Waals surface area contributed by atoms with Crippen LogP contribution in [-0.4, -0.2) is 29.1 Å². The summed E-state index contributed by atoms with van der Waals surface area (Å²) in [5, 5.41) is 12.5. The molecule has 0 saturated heterocycles. The predicted molar refractivity (Wildman–Crippen MR) is 78.9 cm³/mol. The molecule has 1 atom stereocenters. The van der Waals surface area contributed by atoms with Crippen LogP contribution in [0.2, 0.25) is 10.0 Å². The maximum absolute atomic E-state index is 11.9. The van der Waals surface area contributed by atoms with Gasteiger partial charge in [0.05, 0.1) is 5.02 Å². The number of halogens is 2. The first-order chi connectivity index (χ1) is 9.83. The number of carbonyl (C=O) groups is 2. The fourth-order valence-corrected chi connectivity index (χ4v) is 2.38. The van der Waals surface area contributed by atoms with E-state index >= 15 is 0 Å². The topological polar surface area (TPSA) is 75.6 Å².